The summed E-state index contributed by atoms with van der Waals surface area (Å²) in [6, 6.07) is 7.10. The third kappa shape index (κ3) is 3.30. The summed E-state index contributed by atoms with van der Waals surface area (Å²) in [5.41, 5.74) is 0.526. The van der Waals surface area contributed by atoms with Crippen LogP contribution < -0.4 is 0 Å². The highest BCUT2D eigenvalue weighted by Gasteiger charge is 2.05. The van der Waals surface area contributed by atoms with Crippen molar-refractivity contribution in [2.75, 3.05) is 7.11 Å². The molecule has 6 heteroatoms. The van der Waals surface area contributed by atoms with Crippen molar-refractivity contribution in [1.29, 1.82) is 0 Å². The maximum Gasteiger partial charge on any atom is 0.337 e. The number of carbonyl (C=O) groups is 1. The molecular weight excluding hydrogens is 316 g/mol. The molecule has 0 aliphatic heterocycles. The minimum absolute atomic E-state index is 0.341. The van der Waals surface area contributed by atoms with Crippen LogP contribution in [0.5, 0.6) is 0 Å². The van der Waals surface area contributed by atoms with Crippen LogP contribution in [-0.2, 0) is 4.74 Å². The van der Waals surface area contributed by atoms with E-state index in [9.17, 15) is 4.79 Å². The Labute approximate surface area is 117 Å². The van der Waals surface area contributed by atoms with Crippen LogP contribution in [0.2, 0.25) is 0 Å². The highest BCUT2D eigenvalue weighted by Crippen LogP contribution is 2.25. The van der Waals surface area contributed by atoms with Gasteiger partial charge in [0.1, 0.15) is 0 Å². The van der Waals surface area contributed by atoms with Gasteiger partial charge in [0, 0.05) is 17.3 Å². The van der Waals surface area contributed by atoms with Gasteiger partial charge in [-0.3, -0.25) is 0 Å². The summed E-state index contributed by atoms with van der Waals surface area (Å²) in [6.45, 7) is 0. The largest absolute Gasteiger partial charge is 0.465 e. The van der Waals surface area contributed by atoms with Crippen molar-refractivity contribution in [3.8, 4) is 0 Å². The van der Waals surface area contributed by atoms with E-state index in [0.717, 1.165) is 9.37 Å². The fourth-order valence-corrected chi connectivity index (χ4v) is 2.13. The van der Waals surface area contributed by atoms with E-state index >= 15 is 0 Å². The van der Waals surface area contributed by atoms with E-state index in [0.29, 0.717) is 10.7 Å². The van der Waals surface area contributed by atoms with Gasteiger partial charge in [-0.1, -0.05) is 0 Å². The first-order valence-corrected chi connectivity index (χ1v) is 6.64. The number of carbonyl (C=O) groups excluding carboxylic acids is 1. The van der Waals surface area contributed by atoms with Crippen molar-refractivity contribution < 1.29 is 9.53 Å². The lowest BCUT2D eigenvalue weighted by Crippen LogP contribution is -2.00. The zero-order valence-electron chi connectivity index (χ0n) is 9.46. The van der Waals surface area contributed by atoms with Crippen molar-refractivity contribution in [3.63, 3.8) is 0 Å². The third-order valence-corrected chi connectivity index (χ3v) is 3.39. The SMILES string of the molecule is COC(=O)c1ccc(Sc2ncc(Br)cn2)cc1. The number of halogens is 1. The number of ether oxygens (including phenoxy) is 1. The van der Waals surface area contributed by atoms with Gasteiger partial charge in [-0.2, -0.15) is 0 Å². The summed E-state index contributed by atoms with van der Waals surface area (Å²) < 4.78 is 5.47. The molecule has 2 aromatic rings. The molecule has 2 rings (SSSR count). The molecule has 1 aromatic heterocycles. The highest BCUT2D eigenvalue weighted by molar-refractivity contribution is 9.10. The number of nitrogens with zero attached hydrogens (tertiary/aromatic N) is 2. The smallest absolute Gasteiger partial charge is 0.337 e. The van der Waals surface area contributed by atoms with E-state index in [2.05, 4.69) is 30.6 Å². The molecule has 0 saturated heterocycles. The van der Waals surface area contributed by atoms with E-state index < -0.39 is 0 Å². The lowest BCUT2D eigenvalue weighted by atomic mass is 10.2. The molecule has 0 saturated carbocycles. The molecule has 4 nitrogen and oxygen atoms in total. The van der Waals surface area contributed by atoms with E-state index in [1.165, 1.54) is 18.9 Å². The monoisotopic (exact) mass is 324 g/mol. The summed E-state index contributed by atoms with van der Waals surface area (Å²) >= 11 is 4.71. The minimum Gasteiger partial charge on any atom is -0.465 e. The average Bonchev–Trinajstić information content (AvgIpc) is 2.41. The zero-order chi connectivity index (χ0) is 13.0. The van der Waals surface area contributed by atoms with Crippen LogP contribution in [0.3, 0.4) is 0 Å². The summed E-state index contributed by atoms with van der Waals surface area (Å²) in [6.07, 6.45) is 3.39. The van der Waals surface area contributed by atoms with E-state index in [1.807, 2.05) is 12.1 Å². The molecule has 0 aliphatic rings. The second-order valence-corrected chi connectivity index (χ2v) is 5.26. The molecule has 1 heterocycles. The van der Waals surface area contributed by atoms with Gasteiger partial charge in [-0.05, 0) is 52.0 Å². The van der Waals surface area contributed by atoms with Gasteiger partial charge in [-0.15, -0.1) is 0 Å². The Morgan fingerprint density at radius 2 is 1.83 bits per heavy atom. The Morgan fingerprint density at radius 3 is 2.39 bits per heavy atom. The van der Waals surface area contributed by atoms with Gasteiger partial charge in [0.25, 0.3) is 0 Å². The van der Waals surface area contributed by atoms with Crippen LogP contribution in [0, 0.1) is 0 Å². The molecule has 1 aromatic carbocycles. The summed E-state index contributed by atoms with van der Waals surface area (Å²) in [5, 5.41) is 0.656. The number of hydrogen-bond donors (Lipinski definition) is 0. The fourth-order valence-electron chi connectivity index (χ4n) is 1.24. The second-order valence-electron chi connectivity index (χ2n) is 3.30. The topological polar surface area (TPSA) is 52.1 Å². The van der Waals surface area contributed by atoms with Crippen molar-refractivity contribution in [2.45, 2.75) is 10.1 Å². The molecule has 0 fully saturated rings. The van der Waals surface area contributed by atoms with Gasteiger partial charge < -0.3 is 4.74 Å². The van der Waals surface area contributed by atoms with Crippen molar-refractivity contribution >= 4 is 33.7 Å². The van der Waals surface area contributed by atoms with Gasteiger partial charge in [0.2, 0.25) is 0 Å². The normalized spacial score (nSPS) is 10.1. The zero-order valence-corrected chi connectivity index (χ0v) is 11.9. The highest BCUT2D eigenvalue weighted by atomic mass is 79.9. The van der Waals surface area contributed by atoms with Crippen LogP contribution >= 0.6 is 27.7 Å². The number of hydrogen-bond acceptors (Lipinski definition) is 5. The van der Waals surface area contributed by atoms with Crippen molar-refractivity contribution in [2.24, 2.45) is 0 Å². The number of esters is 1. The van der Waals surface area contributed by atoms with Crippen LogP contribution in [-0.4, -0.2) is 23.0 Å². The molecule has 0 aliphatic carbocycles. The van der Waals surface area contributed by atoms with Gasteiger partial charge in [0.05, 0.1) is 17.1 Å². The Hall–Kier alpha value is -1.40. The maximum absolute atomic E-state index is 11.3. The average molecular weight is 325 g/mol. The van der Waals surface area contributed by atoms with Gasteiger partial charge >= 0.3 is 5.97 Å². The number of aromatic nitrogens is 2. The number of methoxy groups -OCH3 is 1. The minimum atomic E-state index is -0.341. The molecule has 0 radical (unpaired) electrons. The van der Waals surface area contributed by atoms with Crippen LogP contribution in [0.25, 0.3) is 0 Å². The predicted octanol–water partition coefficient (Wildman–Crippen LogP) is 3.18. The van der Waals surface area contributed by atoms with Gasteiger partial charge in [-0.25, -0.2) is 14.8 Å². The molecule has 0 unspecified atom stereocenters. The first-order chi connectivity index (χ1) is 8.69. The summed E-state index contributed by atoms with van der Waals surface area (Å²) in [4.78, 5) is 20.5. The number of benzene rings is 1. The lowest BCUT2D eigenvalue weighted by molar-refractivity contribution is 0.0600. The van der Waals surface area contributed by atoms with E-state index in [-0.39, 0.29) is 5.97 Å². The van der Waals surface area contributed by atoms with Crippen molar-refractivity contribution in [1.82, 2.24) is 9.97 Å². The Kier molecular flexibility index (Phi) is 4.33. The van der Waals surface area contributed by atoms with Crippen LogP contribution in [0.4, 0.5) is 0 Å². The quantitative estimate of drug-likeness (QED) is 0.641. The fraction of sp³-hybridized carbons (Fsp3) is 0.0833. The van der Waals surface area contributed by atoms with Crippen LogP contribution in [0.15, 0.2) is 51.2 Å². The first-order valence-electron chi connectivity index (χ1n) is 5.03. The molecule has 0 amide bonds. The van der Waals surface area contributed by atoms with Gasteiger partial charge in [0.15, 0.2) is 5.16 Å². The maximum atomic E-state index is 11.3. The van der Waals surface area contributed by atoms with Crippen molar-refractivity contribution in [3.05, 3.63) is 46.7 Å². The molecule has 18 heavy (non-hydrogen) atoms. The first kappa shape index (κ1) is 13.0. The summed E-state index contributed by atoms with van der Waals surface area (Å²) in [7, 11) is 1.36. The Bertz CT molecular complexity index is 543. The van der Waals surface area contributed by atoms with E-state index in [4.69, 9.17) is 0 Å². The molecular formula is C12H9BrN2O2S. The van der Waals surface area contributed by atoms with E-state index in [1.54, 1.807) is 24.5 Å². The molecule has 0 atom stereocenters. The molecule has 0 spiro atoms. The Morgan fingerprint density at radius 1 is 1.22 bits per heavy atom. The standard InChI is InChI=1S/C12H9BrN2O2S/c1-17-11(16)8-2-4-10(5-3-8)18-12-14-6-9(13)7-15-12/h2-7H,1H3. The lowest BCUT2D eigenvalue weighted by Gasteiger charge is -2.02. The molecule has 0 N–H and O–H groups in total. The number of rotatable bonds is 3. The molecule has 92 valence electrons. The molecule has 0 bridgehead atoms. The predicted molar refractivity (Wildman–Crippen MR) is 71.6 cm³/mol. The summed E-state index contributed by atoms with van der Waals surface area (Å²) in [5.74, 6) is -0.341. The third-order valence-electron chi connectivity index (χ3n) is 2.08. The van der Waals surface area contributed by atoms with Crippen LogP contribution in [0.1, 0.15) is 10.4 Å². The second kappa shape index (κ2) is 5.97. The Balaban J connectivity index is 2.10.